The fourth-order valence-corrected chi connectivity index (χ4v) is 2.84. The van der Waals surface area contributed by atoms with Crippen LogP contribution < -0.4 is 0 Å². The smallest absolute Gasteiger partial charge is 0.305 e. The van der Waals surface area contributed by atoms with Gasteiger partial charge in [-0.15, -0.1) is 11.8 Å². The third kappa shape index (κ3) is 4.30. The van der Waals surface area contributed by atoms with Gasteiger partial charge < -0.3 is 10.0 Å². The summed E-state index contributed by atoms with van der Waals surface area (Å²) in [6, 6.07) is 3.17. The SMILES string of the molecule is CCN(CCC(=O)O)C(=O)c1cc(SC)c(Cl)cc1Cl. The summed E-state index contributed by atoms with van der Waals surface area (Å²) in [5, 5.41) is 9.46. The number of nitrogens with zero attached hydrogens (tertiary/aromatic N) is 1. The number of hydrogen-bond donors (Lipinski definition) is 1. The molecule has 0 atom stereocenters. The molecule has 0 aliphatic heterocycles. The van der Waals surface area contributed by atoms with Crippen molar-refractivity contribution in [1.29, 1.82) is 0 Å². The van der Waals surface area contributed by atoms with Crippen LogP contribution in [-0.2, 0) is 4.79 Å². The molecule has 0 bridgehead atoms. The molecule has 0 heterocycles. The van der Waals surface area contributed by atoms with Crippen LogP contribution >= 0.6 is 35.0 Å². The number of thioether (sulfide) groups is 1. The Balaban J connectivity index is 3.02. The standard InChI is InChI=1S/C13H15Cl2NO3S/c1-3-16(5-4-12(17)18)13(19)8-6-11(20-2)10(15)7-9(8)14/h6-7H,3-5H2,1-2H3,(H,17,18). The van der Waals surface area contributed by atoms with Gasteiger partial charge in [-0.1, -0.05) is 23.2 Å². The van der Waals surface area contributed by atoms with Gasteiger partial charge in [-0.05, 0) is 25.3 Å². The first-order valence-corrected chi connectivity index (χ1v) is 7.92. The van der Waals surface area contributed by atoms with Crippen molar-refractivity contribution in [3.05, 3.63) is 27.7 Å². The largest absolute Gasteiger partial charge is 0.481 e. The van der Waals surface area contributed by atoms with Crippen molar-refractivity contribution in [2.24, 2.45) is 0 Å². The molecule has 0 saturated heterocycles. The van der Waals surface area contributed by atoms with Crippen molar-refractivity contribution in [3.63, 3.8) is 0 Å². The Hall–Kier alpha value is -0.910. The Morgan fingerprint density at radius 3 is 2.45 bits per heavy atom. The van der Waals surface area contributed by atoms with E-state index >= 15 is 0 Å². The number of hydrogen-bond acceptors (Lipinski definition) is 3. The lowest BCUT2D eigenvalue weighted by Gasteiger charge is -2.21. The van der Waals surface area contributed by atoms with Gasteiger partial charge in [0, 0.05) is 18.0 Å². The molecule has 0 unspecified atom stereocenters. The molecule has 20 heavy (non-hydrogen) atoms. The van der Waals surface area contributed by atoms with E-state index in [1.807, 2.05) is 6.26 Å². The molecule has 1 aromatic carbocycles. The molecule has 0 aliphatic rings. The van der Waals surface area contributed by atoms with Gasteiger partial charge in [0.1, 0.15) is 0 Å². The van der Waals surface area contributed by atoms with Gasteiger partial charge >= 0.3 is 5.97 Å². The van der Waals surface area contributed by atoms with E-state index in [0.29, 0.717) is 17.1 Å². The number of aliphatic carboxylic acids is 1. The van der Waals surface area contributed by atoms with Gasteiger partial charge in [-0.25, -0.2) is 0 Å². The van der Waals surface area contributed by atoms with E-state index in [9.17, 15) is 9.59 Å². The van der Waals surface area contributed by atoms with Crippen LogP contribution in [0.1, 0.15) is 23.7 Å². The summed E-state index contributed by atoms with van der Waals surface area (Å²) in [5.41, 5.74) is 0.340. The van der Waals surface area contributed by atoms with Crippen molar-refractivity contribution in [2.45, 2.75) is 18.2 Å². The van der Waals surface area contributed by atoms with E-state index in [-0.39, 0.29) is 23.9 Å². The van der Waals surface area contributed by atoms with Crippen LogP contribution in [0.15, 0.2) is 17.0 Å². The number of halogens is 2. The second-order valence-corrected chi connectivity index (χ2v) is 5.66. The predicted molar refractivity (Wildman–Crippen MR) is 82.1 cm³/mol. The average molecular weight is 336 g/mol. The van der Waals surface area contributed by atoms with E-state index in [2.05, 4.69) is 0 Å². The van der Waals surface area contributed by atoms with Crippen LogP contribution in [0, 0.1) is 0 Å². The average Bonchev–Trinajstić information content (AvgIpc) is 2.39. The first-order chi connectivity index (χ1) is 9.40. The molecule has 4 nitrogen and oxygen atoms in total. The van der Waals surface area contributed by atoms with Crippen LogP contribution in [0.3, 0.4) is 0 Å². The fourth-order valence-electron chi connectivity index (χ4n) is 1.65. The highest BCUT2D eigenvalue weighted by atomic mass is 35.5. The molecule has 1 aromatic rings. The molecule has 0 aromatic heterocycles. The number of rotatable bonds is 6. The van der Waals surface area contributed by atoms with E-state index in [4.69, 9.17) is 28.3 Å². The summed E-state index contributed by atoms with van der Waals surface area (Å²) in [5.74, 6) is -1.23. The van der Waals surface area contributed by atoms with Crippen LogP contribution in [0.25, 0.3) is 0 Å². The minimum atomic E-state index is -0.941. The maximum absolute atomic E-state index is 12.4. The van der Waals surface area contributed by atoms with Gasteiger partial charge in [0.2, 0.25) is 0 Å². The first kappa shape index (κ1) is 17.1. The van der Waals surface area contributed by atoms with Crippen molar-refractivity contribution in [3.8, 4) is 0 Å². The molecular formula is C13H15Cl2NO3S. The zero-order valence-electron chi connectivity index (χ0n) is 11.2. The van der Waals surface area contributed by atoms with Gasteiger partial charge in [0.15, 0.2) is 0 Å². The Bertz CT molecular complexity index is 523. The maximum atomic E-state index is 12.4. The van der Waals surface area contributed by atoms with E-state index in [0.717, 1.165) is 4.90 Å². The summed E-state index contributed by atoms with van der Waals surface area (Å²) >= 11 is 13.5. The Labute approximate surface area is 132 Å². The maximum Gasteiger partial charge on any atom is 0.305 e. The van der Waals surface area contributed by atoms with Crippen molar-refractivity contribution in [2.75, 3.05) is 19.3 Å². The molecule has 1 N–H and O–H groups in total. The second kappa shape index (κ2) is 7.76. The predicted octanol–water partition coefficient (Wildman–Crippen LogP) is 3.65. The Morgan fingerprint density at radius 2 is 1.95 bits per heavy atom. The highest BCUT2D eigenvalue weighted by molar-refractivity contribution is 7.98. The van der Waals surface area contributed by atoms with Crippen molar-refractivity contribution < 1.29 is 14.7 Å². The van der Waals surface area contributed by atoms with Gasteiger partial charge in [0.25, 0.3) is 5.91 Å². The number of carbonyl (C=O) groups excluding carboxylic acids is 1. The summed E-state index contributed by atoms with van der Waals surface area (Å²) in [6.07, 6.45) is 1.76. The van der Waals surface area contributed by atoms with Crippen molar-refractivity contribution >= 4 is 46.8 Å². The Kier molecular flexibility index (Phi) is 6.65. The monoisotopic (exact) mass is 335 g/mol. The topological polar surface area (TPSA) is 57.6 Å². The lowest BCUT2D eigenvalue weighted by atomic mass is 10.2. The van der Waals surface area contributed by atoms with Gasteiger partial charge in [-0.2, -0.15) is 0 Å². The number of amides is 1. The number of carboxylic acid groups (broad SMARTS) is 1. The third-order valence-electron chi connectivity index (χ3n) is 2.74. The molecule has 0 spiro atoms. The van der Waals surface area contributed by atoms with E-state index in [1.165, 1.54) is 22.7 Å². The molecule has 110 valence electrons. The molecule has 1 amide bonds. The van der Waals surface area contributed by atoms with E-state index in [1.54, 1.807) is 13.0 Å². The highest BCUT2D eigenvalue weighted by Gasteiger charge is 2.19. The summed E-state index contributed by atoms with van der Waals surface area (Å²) < 4.78 is 0. The third-order valence-corrected chi connectivity index (χ3v) is 4.25. The van der Waals surface area contributed by atoms with Gasteiger partial charge in [0.05, 0.1) is 22.0 Å². The molecule has 7 heteroatoms. The molecular weight excluding hydrogens is 321 g/mol. The molecule has 0 radical (unpaired) electrons. The molecule has 1 rings (SSSR count). The lowest BCUT2D eigenvalue weighted by molar-refractivity contribution is -0.137. The van der Waals surface area contributed by atoms with Crippen LogP contribution in [0.2, 0.25) is 10.0 Å². The molecule has 0 saturated carbocycles. The highest BCUT2D eigenvalue weighted by Crippen LogP contribution is 2.31. The van der Waals surface area contributed by atoms with Crippen LogP contribution in [-0.4, -0.2) is 41.2 Å². The van der Waals surface area contributed by atoms with Crippen molar-refractivity contribution in [1.82, 2.24) is 4.90 Å². The van der Waals surface area contributed by atoms with Gasteiger partial charge in [-0.3, -0.25) is 9.59 Å². The number of carbonyl (C=O) groups is 2. The number of benzene rings is 1. The van der Waals surface area contributed by atoms with E-state index < -0.39 is 5.97 Å². The Morgan fingerprint density at radius 1 is 1.30 bits per heavy atom. The van der Waals surface area contributed by atoms with Crippen LogP contribution in [0.4, 0.5) is 0 Å². The van der Waals surface area contributed by atoms with Crippen LogP contribution in [0.5, 0.6) is 0 Å². The minimum absolute atomic E-state index is 0.0970. The zero-order chi connectivity index (χ0) is 15.3. The summed E-state index contributed by atoms with van der Waals surface area (Å²) in [4.78, 5) is 25.2. The molecule has 0 fully saturated rings. The first-order valence-electron chi connectivity index (χ1n) is 5.94. The zero-order valence-corrected chi connectivity index (χ0v) is 13.5. The normalized spacial score (nSPS) is 10.4. The quantitative estimate of drug-likeness (QED) is 0.806. The fraction of sp³-hybridized carbons (Fsp3) is 0.385. The lowest BCUT2D eigenvalue weighted by Crippen LogP contribution is -2.33. The number of carboxylic acids is 1. The summed E-state index contributed by atoms with van der Waals surface area (Å²) in [6.45, 7) is 2.36. The molecule has 0 aliphatic carbocycles. The second-order valence-electron chi connectivity index (χ2n) is 4.00. The summed E-state index contributed by atoms with van der Waals surface area (Å²) in [7, 11) is 0. The minimum Gasteiger partial charge on any atom is -0.481 e.